The Morgan fingerprint density at radius 1 is 1.00 bits per heavy atom. The van der Waals surface area contributed by atoms with Gasteiger partial charge in [-0.05, 0) is 74.6 Å². The number of amides is 2. The van der Waals surface area contributed by atoms with E-state index in [1.807, 2.05) is 18.2 Å². The summed E-state index contributed by atoms with van der Waals surface area (Å²) in [5, 5.41) is 3.10. The number of benzene rings is 1. The third-order valence-corrected chi connectivity index (χ3v) is 6.48. The normalized spacial score (nSPS) is 19.9. The van der Waals surface area contributed by atoms with Crippen molar-refractivity contribution in [3.05, 3.63) is 47.3 Å². The molecule has 2 heterocycles. The van der Waals surface area contributed by atoms with Crippen LogP contribution >= 0.6 is 0 Å². The first-order valence-electron chi connectivity index (χ1n) is 10.8. The van der Waals surface area contributed by atoms with Crippen molar-refractivity contribution in [2.45, 2.75) is 50.4 Å². The van der Waals surface area contributed by atoms with Crippen molar-refractivity contribution in [2.75, 3.05) is 23.3 Å². The Balaban J connectivity index is 1.29. The number of rotatable bonds is 6. The fraction of sp³-hybridized carbons (Fsp3) is 0.478. The summed E-state index contributed by atoms with van der Waals surface area (Å²) in [6, 6.07) is 10.0. The minimum Gasteiger partial charge on any atom is -0.371 e. The third kappa shape index (κ3) is 3.88. The number of nitrogens with zero attached hydrogens (tertiary/aromatic N) is 1. The molecule has 0 unspecified atom stereocenters. The molecule has 29 heavy (non-hydrogen) atoms. The van der Waals surface area contributed by atoms with Crippen LogP contribution in [0.3, 0.4) is 0 Å². The topological polar surface area (TPSA) is 91.2 Å². The van der Waals surface area contributed by atoms with E-state index in [0.717, 1.165) is 48.6 Å². The first-order chi connectivity index (χ1) is 14.1. The van der Waals surface area contributed by atoms with Gasteiger partial charge in [0.25, 0.3) is 5.91 Å². The van der Waals surface area contributed by atoms with Crippen molar-refractivity contribution >= 4 is 23.2 Å². The van der Waals surface area contributed by atoms with Crippen LogP contribution in [0, 0.1) is 5.92 Å². The lowest BCUT2D eigenvalue weighted by molar-refractivity contribution is -0.122. The highest BCUT2D eigenvalue weighted by molar-refractivity contribution is 6.05. The summed E-state index contributed by atoms with van der Waals surface area (Å²) >= 11 is 0. The van der Waals surface area contributed by atoms with Crippen LogP contribution in [0.5, 0.6) is 0 Å². The second-order valence-electron chi connectivity index (χ2n) is 8.77. The highest BCUT2D eigenvalue weighted by atomic mass is 16.2. The van der Waals surface area contributed by atoms with E-state index in [1.165, 1.54) is 31.4 Å². The average molecular weight is 393 g/mol. The summed E-state index contributed by atoms with van der Waals surface area (Å²) in [6.45, 7) is 1.61. The molecule has 2 amide bonds. The number of hydrogen-bond donors (Lipinski definition) is 3. The maximum absolute atomic E-state index is 13.0. The van der Waals surface area contributed by atoms with Gasteiger partial charge in [0.05, 0.1) is 5.56 Å². The minimum absolute atomic E-state index is 0.0239. The lowest BCUT2D eigenvalue weighted by Crippen LogP contribution is -2.38. The van der Waals surface area contributed by atoms with E-state index in [2.05, 4.69) is 27.3 Å². The van der Waals surface area contributed by atoms with E-state index in [1.54, 1.807) is 0 Å². The SMILES string of the molecule is NC(=O)C1CCN(c2cccc(NC(=O)c3cc(C4CC4)[nH]c3C3CC3)c2)CC1. The Hall–Kier alpha value is -2.76. The fourth-order valence-electron chi connectivity index (χ4n) is 4.39. The largest absolute Gasteiger partial charge is 0.371 e. The van der Waals surface area contributed by atoms with Gasteiger partial charge >= 0.3 is 0 Å². The Morgan fingerprint density at radius 3 is 2.38 bits per heavy atom. The van der Waals surface area contributed by atoms with Crippen LogP contribution in [0.4, 0.5) is 11.4 Å². The van der Waals surface area contributed by atoms with E-state index in [4.69, 9.17) is 5.73 Å². The number of aromatic amines is 1. The van der Waals surface area contributed by atoms with Crippen molar-refractivity contribution in [2.24, 2.45) is 11.7 Å². The molecule has 1 aromatic heterocycles. The molecule has 0 bridgehead atoms. The average Bonchev–Trinajstić information content (AvgIpc) is 3.66. The van der Waals surface area contributed by atoms with Crippen LogP contribution in [-0.4, -0.2) is 29.9 Å². The van der Waals surface area contributed by atoms with Crippen molar-refractivity contribution in [3.63, 3.8) is 0 Å². The second-order valence-corrected chi connectivity index (χ2v) is 8.77. The van der Waals surface area contributed by atoms with Gasteiger partial charge in [-0.2, -0.15) is 0 Å². The van der Waals surface area contributed by atoms with E-state index in [0.29, 0.717) is 11.8 Å². The molecule has 5 rings (SSSR count). The molecule has 2 saturated carbocycles. The van der Waals surface area contributed by atoms with Crippen molar-refractivity contribution in [3.8, 4) is 0 Å². The summed E-state index contributed by atoms with van der Waals surface area (Å²) < 4.78 is 0. The molecule has 4 N–H and O–H groups in total. The molecule has 1 saturated heterocycles. The molecule has 6 heteroatoms. The maximum atomic E-state index is 13.0. The van der Waals surface area contributed by atoms with Crippen LogP contribution in [0.25, 0.3) is 0 Å². The first kappa shape index (κ1) is 18.3. The Labute approximate surface area is 170 Å². The third-order valence-electron chi connectivity index (χ3n) is 6.48. The molecular weight excluding hydrogens is 364 g/mol. The monoisotopic (exact) mass is 392 g/mol. The smallest absolute Gasteiger partial charge is 0.257 e. The minimum atomic E-state index is -0.200. The van der Waals surface area contributed by atoms with E-state index in [-0.39, 0.29) is 17.7 Å². The Bertz CT molecular complexity index is 934. The van der Waals surface area contributed by atoms with Gasteiger partial charge in [0.2, 0.25) is 5.91 Å². The number of carbonyl (C=O) groups is 2. The zero-order chi connectivity index (χ0) is 20.0. The lowest BCUT2D eigenvalue weighted by atomic mass is 9.96. The molecular formula is C23H28N4O2. The van der Waals surface area contributed by atoms with E-state index < -0.39 is 0 Å². The zero-order valence-electron chi connectivity index (χ0n) is 16.6. The summed E-state index contributed by atoms with van der Waals surface area (Å²) in [5.41, 5.74) is 10.5. The van der Waals surface area contributed by atoms with Crippen LogP contribution in [0.1, 0.15) is 72.1 Å². The van der Waals surface area contributed by atoms with E-state index >= 15 is 0 Å². The van der Waals surface area contributed by atoms with Gasteiger partial charge in [-0.1, -0.05) is 6.07 Å². The van der Waals surface area contributed by atoms with Crippen LogP contribution < -0.4 is 16.0 Å². The lowest BCUT2D eigenvalue weighted by Gasteiger charge is -2.32. The quantitative estimate of drug-likeness (QED) is 0.700. The van der Waals surface area contributed by atoms with Gasteiger partial charge in [-0.15, -0.1) is 0 Å². The zero-order valence-corrected chi connectivity index (χ0v) is 16.6. The van der Waals surface area contributed by atoms with Gasteiger partial charge in [0, 0.05) is 41.8 Å². The van der Waals surface area contributed by atoms with Gasteiger partial charge in [0.1, 0.15) is 0 Å². The molecule has 2 aliphatic carbocycles. The number of aromatic nitrogens is 1. The van der Waals surface area contributed by atoms with Crippen molar-refractivity contribution in [1.82, 2.24) is 4.98 Å². The Kier molecular flexibility index (Phi) is 4.57. The molecule has 3 aliphatic rings. The predicted octanol–water partition coefficient (Wildman–Crippen LogP) is 3.72. The van der Waals surface area contributed by atoms with Gasteiger partial charge in [-0.25, -0.2) is 0 Å². The summed E-state index contributed by atoms with van der Waals surface area (Å²) in [5.74, 6) is 0.875. The highest BCUT2D eigenvalue weighted by Crippen LogP contribution is 2.45. The molecule has 0 atom stereocenters. The molecule has 1 aliphatic heterocycles. The molecule has 6 nitrogen and oxygen atoms in total. The van der Waals surface area contributed by atoms with Gasteiger partial charge < -0.3 is 20.9 Å². The molecule has 0 spiro atoms. The van der Waals surface area contributed by atoms with Crippen molar-refractivity contribution in [1.29, 1.82) is 0 Å². The number of primary amides is 1. The number of piperidine rings is 1. The molecule has 0 radical (unpaired) electrons. The number of hydrogen-bond acceptors (Lipinski definition) is 3. The Morgan fingerprint density at radius 2 is 1.72 bits per heavy atom. The van der Waals surface area contributed by atoms with Crippen molar-refractivity contribution < 1.29 is 9.59 Å². The summed E-state index contributed by atoms with van der Waals surface area (Å²) in [6.07, 6.45) is 6.34. The number of carbonyl (C=O) groups excluding carboxylic acids is 2. The van der Waals surface area contributed by atoms with E-state index in [9.17, 15) is 9.59 Å². The highest BCUT2D eigenvalue weighted by Gasteiger charge is 2.33. The summed E-state index contributed by atoms with van der Waals surface area (Å²) in [7, 11) is 0. The number of anilines is 2. The molecule has 3 fully saturated rings. The molecule has 1 aromatic carbocycles. The summed E-state index contributed by atoms with van der Waals surface area (Å²) in [4.78, 5) is 30.2. The van der Waals surface area contributed by atoms with Gasteiger partial charge in [-0.3, -0.25) is 9.59 Å². The molecule has 2 aromatic rings. The van der Waals surface area contributed by atoms with Crippen LogP contribution in [-0.2, 0) is 4.79 Å². The number of H-pyrrole nitrogens is 1. The fourth-order valence-corrected chi connectivity index (χ4v) is 4.39. The molecule has 152 valence electrons. The number of nitrogens with two attached hydrogens (primary N) is 1. The second kappa shape index (κ2) is 7.25. The van der Waals surface area contributed by atoms with Gasteiger partial charge in [0.15, 0.2) is 0 Å². The first-order valence-corrected chi connectivity index (χ1v) is 10.8. The predicted molar refractivity (Wildman–Crippen MR) is 113 cm³/mol. The maximum Gasteiger partial charge on any atom is 0.257 e. The van der Waals surface area contributed by atoms with Crippen LogP contribution in [0.2, 0.25) is 0 Å². The van der Waals surface area contributed by atoms with Crippen LogP contribution in [0.15, 0.2) is 30.3 Å². The standard InChI is InChI=1S/C23H28N4O2/c24-22(28)16-8-10-27(11-9-16)18-3-1-2-17(12-18)25-23(29)19-13-20(14-4-5-14)26-21(19)15-6-7-15/h1-3,12-16,26H,4-11H2,(H2,24,28)(H,25,29). The number of nitrogens with one attached hydrogen (secondary N) is 2.